The molecule has 0 aromatic heterocycles. The minimum Gasteiger partial charge on any atom is -0.468 e. The number of carbonyl (C=O) groups excluding carboxylic acids is 1. The van der Waals surface area contributed by atoms with Crippen LogP contribution >= 0.6 is 0 Å². The zero-order valence-corrected chi connectivity index (χ0v) is 10.3. The number of carbonyl (C=O) groups is 1. The first kappa shape index (κ1) is 12.5. The number of nitrogens with zero attached hydrogens (tertiary/aromatic N) is 1. The fourth-order valence-corrected chi connectivity index (χ4v) is 2.15. The molecule has 1 rings (SSSR count). The Hall–Kier alpha value is -0.570. The lowest BCUT2D eigenvalue weighted by molar-refractivity contribution is -0.148. The normalized spacial score (nSPS) is 20.1. The third-order valence-corrected chi connectivity index (χ3v) is 3.39. The van der Waals surface area contributed by atoms with Crippen LogP contribution in [0.15, 0.2) is 0 Å². The quantitative estimate of drug-likeness (QED) is 0.632. The van der Waals surface area contributed by atoms with Crippen molar-refractivity contribution in [2.24, 2.45) is 5.92 Å². The molecule has 0 N–H and O–H groups in total. The summed E-state index contributed by atoms with van der Waals surface area (Å²) in [6, 6.07) is 0.453. The van der Waals surface area contributed by atoms with E-state index in [4.69, 9.17) is 4.74 Å². The summed E-state index contributed by atoms with van der Waals surface area (Å²) in [6.45, 7) is 7.38. The summed E-state index contributed by atoms with van der Waals surface area (Å²) in [4.78, 5) is 14.0. The Labute approximate surface area is 92.8 Å². The van der Waals surface area contributed by atoms with Gasteiger partial charge in [0.1, 0.15) is 6.04 Å². The molecule has 0 heterocycles. The lowest BCUT2D eigenvalue weighted by Crippen LogP contribution is -2.47. The van der Waals surface area contributed by atoms with Crippen LogP contribution in [0.25, 0.3) is 0 Å². The number of rotatable bonds is 6. The monoisotopic (exact) mass is 213 g/mol. The van der Waals surface area contributed by atoms with E-state index in [9.17, 15) is 4.79 Å². The van der Waals surface area contributed by atoms with E-state index in [2.05, 4.69) is 25.7 Å². The Kier molecular flexibility index (Phi) is 4.58. The minimum absolute atomic E-state index is 0.00468. The molecule has 0 bridgehead atoms. The van der Waals surface area contributed by atoms with Crippen LogP contribution in [-0.4, -0.2) is 36.6 Å². The molecular formula is C12H23NO2. The summed E-state index contributed by atoms with van der Waals surface area (Å²) < 4.78 is 4.91. The first-order valence-electron chi connectivity index (χ1n) is 5.99. The van der Waals surface area contributed by atoms with Crippen molar-refractivity contribution >= 4 is 5.97 Å². The average Bonchev–Trinajstić information content (AvgIpc) is 3.07. The van der Waals surface area contributed by atoms with Crippen molar-refractivity contribution in [3.05, 3.63) is 0 Å². The van der Waals surface area contributed by atoms with Gasteiger partial charge >= 0.3 is 5.97 Å². The molecule has 2 unspecified atom stereocenters. The Morgan fingerprint density at radius 2 is 2.07 bits per heavy atom. The molecule has 1 saturated carbocycles. The first-order chi connectivity index (χ1) is 7.15. The third-order valence-electron chi connectivity index (χ3n) is 3.39. The molecule has 0 spiro atoms. The van der Waals surface area contributed by atoms with Gasteiger partial charge in [-0.2, -0.15) is 0 Å². The van der Waals surface area contributed by atoms with Gasteiger partial charge in [-0.3, -0.25) is 9.69 Å². The number of esters is 1. The summed E-state index contributed by atoms with van der Waals surface area (Å²) in [5.74, 6) is 0.478. The van der Waals surface area contributed by atoms with E-state index in [0.717, 1.165) is 13.0 Å². The van der Waals surface area contributed by atoms with Gasteiger partial charge in [0.2, 0.25) is 0 Å². The van der Waals surface area contributed by atoms with Crippen LogP contribution in [0.2, 0.25) is 0 Å². The molecule has 3 nitrogen and oxygen atoms in total. The van der Waals surface area contributed by atoms with Gasteiger partial charge in [-0.05, 0) is 38.6 Å². The SMILES string of the molecule is CCC(C)N(CC)C(C(=O)OC)C1CC1. The molecule has 1 fully saturated rings. The van der Waals surface area contributed by atoms with Crippen molar-refractivity contribution in [1.29, 1.82) is 0 Å². The van der Waals surface area contributed by atoms with Gasteiger partial charge < -0.3 is 4.74 Å². The van der Waals surface area contributed by atoms with E-state index >= 15 is 0 Å². The Morgan fingerprint density at radius 1 is 1.47 bits per heavy atom. The Balaban J connectivity index is 2.71. The zero-order valence-electron chi connectivity index (χ0n) is 10.3. The van der Waals surface area contributed by atoms with Crippen molar-refractivity contribution in [2.75, 3.05) is 13.7 Å². The van der Waals surface area contributed by atoms with Crippen molar-refractivity contribution in [3.63, 3.8) is 0 Å². The van der Waals surface area contributed by atoms with Crippen LogP contribution in [0.3, 0.4) is 0 Å². The molecular weight excluding hydrogens is 190 g/mol. The highest BCUT2D eigenvalue weighted by Gasteiger charge is 2.41. The van der Waals surface area contributed by atoms with Crippen molar-refractivity contribution < 1.29 is 9.53 Å². The van der Waals surface area contributed by atoms with Gasteiger partial charge in [-0.1, -0.05) is 13.8 Å². The van der Waals surface area contributed by atoms with E-state index in [1.54, 1.807) is 0 Å². The number of hydrogen-bond donors (Lipinski definition) is 0. The van der Waals surface area contributed by atoms with Crippen LogP contribution in [-0.2, 0) is 9.53 Å². The molecule has 0 aliphatic heterocycles. The maximum atomic E-state index is 11.8. The largest absolute Gasteiger partial charge is 0.468 e. The summed E-state index contributed by atoms with van der Waals surface area (Å²) in [5.41, 5.74) is 0. The predicted molar refractivity (Wildman–Crippen MR) is 60.7 cm³/mol. The third kappa shape index (κ3) is 2.94. The fourth-order valence-electron chi connectivity index (χ4n) is 2.15. The molecule has 0 radical (unpaired) electrons. The minimum atomic E-state index is -0.0559. The topological polar surface area (TPSA) is 29.5 Å². The van der Waals surface area contributed by atoms with Crippen LogP contribution in [0, 0.1) is 5.92 Å². The lowest BCUT2D eigenvalue weighted by atomic mass is 10.1. The average molecular weight is 213 g/mol. The van der Waals surface area contributed by atoms with E-state index in [0.29, 0.717) is 12.0 Å². The van der Waals surface area contributed by atoms with Crippen molar-refractivity contribution in [1.82, 2.24) is 4.90 Å². The summed E-state index contributed by atoms with van der Waals surface area (Å²) in [5, 5.41) is 0. The molecule has 0 aromatic rings. The van der Waals surface area contributed by atoms with E-state index < -0.39 is 0 Å². The standard InChI is InChI=1S/C12H23NO2/c1-5-9(3)13(6-2)11(10-7-8-10)12(14)15-4/h9-11H,5-8H2,1-4H3. The molecule has 2 atom stereocenters. The van der Waals surface area contributed by atoms with E-state index in [1.807, 2.05) is 0 Å². The molecule has 1 aliphatic carbocycles. The Bertz CT molecular complexity index is 214. The van der Waals surface area contributed by atoms with Crippen molar-refractivity contribution in [3.8, 4) is 0 Å². The van der Waals surface area contributed by atoms with Gasteiger partial charge in [0.05, 0.1) is 7.11 Å². The van der Waals surface area contributed by atoms with Crippen LogP contribution < -0.4 is 0 Å². The van der Waals surface area contributed by atoms with Crippen LogP contribution in [0.5, 0.6) is 0 Å². The summed E-state index contributed by atoms with van der Waals surface area (Å²) in [6.07, 6.45) is 3.42. The van der Waals surface area contributed by atoms with Gasteiger partial charge in [-0.15, -0.1) is 0 Å². The van der Waals surface area contributed by atoms with E-state index in [-0.39, 0.29) is 12.0 Å². The molecule has 15 heavy (non-hydrogen) atoms. The smallest absolute Gasteiger partial charge is 0.323 e. The van der Waals surface area contributed by atoms with Crippen LogP contribution in [0.1, 0.15) is 40.0 Å². The van der Waals surface area contributed by atoms with Gasteiger partial charge in [-0.25, -0.2) is 0 Å². The lowest BCUT2D eigenvalue weighted by Gasteiger charge is -2.33. The number of likely N-dealkylation sites (N-methyl/N-ethyl adjacent to an activating group) is 1. The van der Waals surface area contributed by atoms with E-state index in [1.165, 1.54) is 20.0 Å². The molecule has 0 aromatic carbocycles. The van der Waals surface area contributed by atoms with Gasteiger partial charge in [0.25, 0.3) is 0 Å². The highest BCUT2D eigenvalue weighted by atomic mass is 16.5. The first-order valence-corrected chi connectivity index (χ1v) is 5.99. The second-order valence-corrected chi connectivity index (χ2v) is 4.39. The maximum Gasteiger partial charge on any atom is 0.323 e. The second kappa shape index (κ2) is 5.50. The number of hydrogen-bond acceptors (Lipinski definition) is 3. The fraction of sp³-hybridized carbons (Fsp3) is 0.917. The summed E-state index contributed by atoms with van der Waals surface area (Å²) >= 11 is 0. The predicted octanol–water partition coefficient (Wildman–Crippen LogP) is 2.06. The Morgan fingerprint density at radius 3 is 2.40 bits per heavy atom. The molecule has 0 amide bonds. The second-order valence-electron chi connectivity index (χ2n) is 4.39. The van der Waals surface area contributed by atoms with Crippen molar-refractivity contribution in [2.45, 2.75) is 52.1 Å². The molecule has 0 saturated heterocycles. The zero-order chi connectivity index (χ0) is 11.4. The molecule has 1 aliphatic rings. The highest BCUT2D eigenvalue weighted by Crippen LogP contribution is 2.36. The maximum absolute atomic E-state index is 11.8. The highest BCUT2D eigenvalue weighted by molar-refractivity contribution is 5.76. The van der Waals surface area contributed by atoms with Gasteiger partial charge in [0.15, 0.2) is 0 Å². The molecule has 88 valence electrons. The number of ether oxygens (including phenoxy) is 1. The van der Waals surface area contributed by atoms with Gasteiger partial charge in [0, 0.05) is 6.04 Å². The molecule has 3 heteroatoms. The summed E-state index contributed by atoms with van der Waals surface area (Å²) in [7, 11) is 1.49. The number of methoxy groups -OCH3 is 1. The van der Waals surface area contributed by atoms with Crippen LogP contribution in [0.4, 0.5) is 0 Å².